The minimum atomic E-state index is 0.00310. The van der Waals surface area contributed by atoms with E-state index in [9.17, 15) is 4.79 Å². The summed E-state index contributed by atoms with van der Waals surface area (Å²) >= 11 is 0. The van der Waals surface area contributed by atoms with Gasteiger partial charge in [-0.3, -0.25) is 4.79 Å². The molecule has 0 saturated carbocycles. The lowest BCUT2D eigenvalue weighted by atomic mass is 10.2. The summed E-state index contributed by atoms with van der Waals surface area (Å²) in [5.74, 6) is 0.750. The fraction of sp³-hybridized carbons (Fsp3) is 0.562. The summed E-state index contributed by atoms with van der Waals surface area (Å²) in [6, 6.07) is 6.22. The van der Waals surface area contributed by atoms with Gasteiger partial charge in [0.15, 0.2) is 0 Å². The van der Waals surface area contributed by atoms with Crippen molar-refractivity contribution in [2.24, 2.45) is 0 Å². The Morgan fingerprint density at radius 1 is 1.35 bits per heavy atom. The Labute approximate surface area is 121 Å². The normalized spacial score (nSPS) is 10.7. The number of aryl methyl sites for hydroxylation is 1. The first kappa shape index (κ1) is 16.5. The lowest BCUT2D eigenvalue weighted by molar-refractivity contribution is -0.116. The zero-order valence-corrected chi connectivity index (χ0v) is 13.0. The lowest BCUT2D eigenvalue weighted by Crippen LogP contribution is -2.27. The van der Waals surface area contributed by atoms with Gasteiger partial charge in [0.1, 0.15) is 5.75 Å². The van der Waals surface area contributed by atoms with Gasteiger partial charge in [-0.15, -0.1) is 0 Å². The smallest absolute Gasteiger partial charge is 0.225 e. The number of anilines is 1. The van der Waals surface area contributed by atoms with Gasteiger partial charge in [0.2, 0.25) is 5.91 Å². The quantitative estimate of drug-likeness (QED) is 0.768. The minimum Gasteiger partial charge on any atom is -0.491 e. The molecule has 0 aliphatic carbocycles. The molecule has 0 atom stereocenters. The molecule has 0 unspecified atom stereocenters. The van der Waals surface area contributed by atoms with Crippen LogP contribution in [0.15, 0.2) is 18.2 Å². The molecule has 112 valence electrons. The highest BCUT2D eigenvalue weighted by Crippen LogP contribution is 2.26. The third kappa shape index (κ3) is 6.06. The van der Waals surface area contributed by atoms with E-state index in [1.54, 1.807) is 0 Å². The molecule has 0 radical (unpaired) electrons. The number of nitrogens with one attached hydrogen (secondary N) is 2. The van der Waals surface area contributed by atoms with E-state index < -0.39 is 0 Å². The zero-order valence-electron chi connectivity index (χ0n) is 13.0. The van der Waals surface area contributed by atoms with Crippen molar-refractivity contribution in [2.45, 2.75) is 46.6 Å². The van der Waals surface area contributed by atoms with Gasteiger partial charge in [-0.25, -0.2) is 0 Å². The Hall–Kier alpha value is -1.55. The molecule has 1 aromatic rings. The molecule has 0 saturated heterocycles. The Morgan fingerprint density at radius 2 is 2.10 bits per heavy atom. The zero-order chi connectivity index (χ0) is 15.0. The summed E-state index contributed by atoms with van der Waals surface area (Å²) in [6.07, 6.45) is 1.40. The van der Waals surface area contributed by atoms with E-state index in [-0.39, 0.29) is 5.91 Å². The van der Waals surface area contributed by atoms with E-state index in [2.05, 4.69) is 31.4 Å². The van der Waals surface area contributed by atoms with Gasteiger partial charge in [-0.2, -0.15) is 0 Å². The highest BCUT2D eigenvalue weighted by atomic mass is 16.5. The van der Waals surface area contributed by atoms with Crippen LogP contribution in [0.3, 0.4) is 0 Å². The maximum Gasteiger partial charge on any atom is 0.225 e. The number of benzene rings is 1. The van der Waals surface area contributed by atoms with Gasteiger partial charge >= 0.3 is 0 Å². The summed E-state index contributed by atoms with van der Waals surface area (Å²) in [6.45, 7) is 9.54. The highest BCUT2D eigenvalue weighted by molar-refractivity contribution is 5.92. The van der Waals surface area contributed by atoms with Crippen LogP contribution in [0.5, 0.6) is 5.75 Å². The topological polar surface area (TPSA) is 50.4 Å². The van der Waals surface area contributed by atoms with Crippen molar-refractivity contribution in [1.82, 2.24) is 5.32 Å². The maximum absolute atomic E-state index is 11.9. The number of ether oxygens (including phenoxy) is 1. The standard InChI is InChI=1S/C16H26N2O2/c1-5-10-20-15-11-13(4)6-7-14(15)18-16(19)8-9-17-12(2)3/h6-7,11-12,17H,5,8-10H2,1-4H3,(H,18,19). The molecule has 4 heteroatoms. The predicted molar refractivity (Wildman–Crippen MR) is 83.4 cm³/mol. The van der Waals surface area contributed by atoms with Crippen molar-refractivity contribution in [3.05, 3.63) is 23.8 Å². The average molecular weight is 278 g/mol. The average Bonchev–Trinajstić information content (AvgIpc) is 2.38. The summed E-state index contributed by atoms with van der Waals surface area (Å²) in [5, 5.41) is 6.14. The van der Waals surface area contributed by atoms with Gasteiger partial charge in [0.25, 0.3) is 0 Å². The first-order valence-electron chi connectivity index (χ1n) is 7.29. The van der Waals surface area contributed by atoms with Crippen LogP contribution in [-0.4, -0.2) is 25.1 Å². The molecule has 20 heavy (non-hydrogen) atoms. The van der Waals surface area contributed by atoms with Crippen LogP contribution >= 0.6 is 0 Å². The molecule has 0 spiro atoms. The number of rotatable bonds is 8. The summed E-state index contributed by atoms with van der Waals surface area (Å²) in [7, 11) is 0. The second-order valence-corrected chi connectivity index (χ2v) is 5.26. The third-order valence-corrected chi connectivity index (χ3v) is 2.78. The second kappa shape index (κ2) is 8.59. The van der Waals surface area contributed by atoms with E-state index in [1.165, 1.54) is 0 Å². The predicted octanol–water partition coefficient (Wildman–Crippen LogP) is 3.11. The Kier molecular flexibility index (Phi) is 7.09. The van der Waals surface area contributed by atoms with Crippen LogP contribution < -0.4 is 15.4 Å². The van der Waals surface area contributed by atoms with Gasteiger partial charge in [-0.05, 0) is 31.0 Å². The third-order valence-electron chi connectivity index (χ3n) is 2.78. The van der Waals surface area contributed by atoms with E-state index in [4.69, 9.17) is 4.74 Å². The number of amides is 1. The molecule has 0 aromatic heterocycles. The number of hydrogen-bond acceptors (Lipinski definition) is 3. The van der Waals surface area contributed by atoms with Crippen LogP contribution in [0.4, 0.5) is 5.69 Å². The highest BCUT2D eigenvalue weighted by Gasteiger charge is 2.08. The molecule has 4 nitrogen and oxygen atoms in total. The van der Waals surface area contributed by atoms with E-state index in [0.29, 0.717) is 25.6 Å². The lowest BCUT2D eigenvalue weighted by Gasteiger charge is -2.13. The van der Waals surface area contributed by atoms with Crippen LogP contribution in [-0.2, 0) is 4.79 Å². The Morgan fingerprint density at radius 3 is 2.75 bits per heavy atom. The van der Waals surface area contributed by atoms with Crippen LogP contribution in [0, 0.1) is 6.92 Å². The largest absolute Gasteiger partial charge is 0.491 e. The van der Waals surface area contributed by atoms with Crippen LogP contribution in [0.25, 0.3) is 0 Å². The van der Waals surface area contributed by atoms with Crippen molar-refractivity contribution < 1.29 is 9.53 Å². The molecule has 1 amide bonds. The van der Waals surface area contributed by atoms with Crippen LogP contribution in [0.1, 0.15) is 39.2 Å². The molecular formula is C16H26N2O2. The summed E-state index contributed by atoms with van der Waals surface area (Å²) < 4.78 is 5.68. The molecule has 0 bridgehead atoms. The van der Waals surface area contributed by atoms with Crippen molar-refractivity contribution in [3.8, 4) is 5.75 Å². The second-order valence-electron chi connectivity index (χ2n) is 5.26. The molecule has 2 N–H and O–H groups in total. The fourth-order valence-corrected chi connectivity index (χ4v) is 1.75. The molecule has 0 fully saturated rings. The first-order valence-corrected chi connectivity index (χ1v) is 7.29. The number of hydrogen-bond donors (Lipinski definition) is 2. The summed E-state index contributed by atoms with van der Waals surface area (Å²) in [5.41, 5.74) is 1.87. The molecule has 0 heterocycles. The Balaban J connectivity index is 2.59. The maximum atomic E-state index is 11.9. The van der Waals surface area contributed by atoms with Gasteiger partial charge < -0.3 is 15.4 Å². The Bertz CT molecular complexity index is 430. The van der Waals surface area contributed by atoms with E-state index in [1.807, 2.05) is 25.1 Å². The molecular weight excluding hydrogens is 252 g/mol. The van der Waals surface area contributed by atoms with Crippen LogP contribution in [0.2, 0.25) is 0 Å². The van der Waals surface area contributed by atoms with Gasteiger partial charge in [0, 0.05) is 19.0 Å². The first-order chi connectivity index (χ1) is 9.52. The molecule has 0 aliphatic heterocycles. The van der Waals surface area contributed by atoms with E-state index >= 15 is 0 Å². The SMILES string of the molecule is CCCOc1cc(C)ccc1NC(=O)CCNC(C)C. The number of carbonyl (C=O) groups excluding carboxylic acids is 1. The van der Waals surface area contributed by atoms with Crippen molar-refractivity contribution in [1.29, 1.82) is 0 Å². The van der Waals surface area contributed by atoms with E-state index in [0.717, 1.165) is 23.4 Å². The molecule has 1 aromatic carbocycles. The van der Waals surface area contributed by atoms with Crippen molar-refractivity contribution >= 4 is 11.6 Å². The van der Waals surface area contributed by atoms with Gasteiger partial charge in [-0.1, -0.05) is 26.8 Å². The monoisotopic (exact) mass is 278 g/mol. The summed E-state index contributed by atoms with van der Waals surface area (Å²) in [4.78, 5) is 11.9. The fourth-order valence-electron chi connectivity index (χ4n) is 1.75. The minimum absolute atomic E-state index is 0.00310. The molecule has 1 rings (SSSR count). The number of carbonyl (C=O) groups is 1. The van der Waals surface area contributed by atoms with Gasteiger partial charge in [0.05, 0.1) is 12.3 Å². The van der Waals surface area contributed by atoms with Crippen molar-refractivity contribution in [3.63, 3.8) is 0 Å². The van der Waals surface area contributed by atoms with Crippen molar-refractivity contribution in [2.75, 3.05) is 18.5 Å². The molecule has 0 aliphatic rings.